The van der Waals surface area contributed by atoms with Gasteiger partial charge in [0, 0.05) is 16.2 Å². The van der Waals surface area contributed by atoms with Gasteiger partial charge in [0.1, 0.15) is 18.1 Å². The monoisotopic (exact) mass is 494 g/mol. The van der Waals surface area contributed by atoms with Crippen molar-refractivity contribution in [3.8, 4) is 17.6 Å². The molecule has 2 aromatic heterocycles. The molecule has 12 heteroatoms. The quantitative estimate of drug-likeness (QED) is 0.559. The molecule has 160 valence electrons. The maximum Gasteiger partial charge on any atom is 0.422 e. The van der Waals surface area contributed by atoms with Gasteiger partial charge in [-0.25, -0.2) is 9.97 Å². The third kappa shape index (κ3) is 5.79. The van der Waals surface area contributed by atoms with Gasteiger partial charge < -0.3 is 10.1 Å². The molecule has 1 aromatic carbocycles. The van der Waals surface area contributed by atoms with E-state index in [9.17, 15) is 18.0 Å². The number of hydrogen-bond donors (Lipinski definition) is 1. The Morgan fingerprint density at radius 1 is 1.32 bits per heavy atom. The number of benzene rings is 1. The fraction of sp³-hybridized carbons (Fsp3) is 0.211. The Kier molecular flexibility index (Phi) is 6.55. The molecule has 8 nitrogen and oxygen atoms in total. The summed E-state index contributed by atoms with van der Waals surface area (Å²) in [5.74, 6) is 0.120. The molecule has 3 aromatic rings. The normalized spacial score (nSPS) is 12.1. The average Bonchev–Trinajstić information content (AvgIpc) is 3.21. The molecule has 31 heavy (non-hydrogen) atoms. The highest BCUT2D eigenvalue weighted by Gasteiger charge is 2.28. The molecule has 1 amide bonds. The van der Waals surface area contributed by atoms with E-state index >= 15 is 0 Å². The Morgan fingerprint density at radius 3 is 2.74 bits per heavy atom. The van der Waals surface area contributed by atoms with Crippen molar-refractivity contribution in [2.75, 3.05) is 6.61 Å². The molecule has 0 radical (unpaired) electrons. The van der Waals surface area contributed by atoms with Gasteiger partial charge in [-0.2, -0.15) is 28.2 Å². The summed E-state index contributed by atoms with van der Waals surface area (Å²) in [5.41, 5.74) is 0.478. The minimum absolute atomic E-state index is 0.0981. The molecular formula is C19H14BrF3N6O2. The van der Waals surface area contributed by atoms with Crippen molar-refractivity contribution in [2.24, 2.45) is 0 Å². The minimum Gasteiger partial charge on any atom is -0.484 e. The number of amides is 1. The van der Waals surface area contributed by atoms with Gasteiger partial charge >= 0.3 is 6.18 Å². The zero-order valence-corrected chi connectivity index (χ0v) is 17.5. The molecule has 0 fully saturated rings. The lowest BCUT2D eigenvalue weighted by Gasteiger charge is -2.15. The predicted octanol–water partition coefficient (Wildman–Crippen LogP) is 3.73. The predicted molar refractivity (Wildman–Crippen MR) is 105 cm³/mol. The molecule has 0 bridgehead atoms. The van der Waals surface area contributed by atoms with E-state index in [-0.39, 0.29) is 11.3 Å². The maximum atomic E-state index is 12.7. The van der Waals surface area contributed by atoms with Crippen LogP contribution in [0.4, 0.5) is 13.2 Å². The van der Waals surface area contributed by atoms with Gasteiger partial charge in [-0.15, -0.1) is 0 Å². The van der Waals surface area contributed by atoms with Crippen molar-refractivity contribution in [3.63, 3.8) is 0 Å². The first-order valence-electron chi connectivity index (χ1n) is 8.74. The molecule has 3 rings (SSSR count). The topological polar surface area (TPSA) is 106 Å². The summed E-state index contributed by atoms with van der Waals surface area (Å²) < 4.78 is 43.7. The lowest BCUT2D eigenvalue weighted by Crippen LogP contribution is -2.29. The number of rotatable bonds is 6. The summed E-state index contributed by atoms with van der Waals surface area (Å²) >= 11 is 3.16. The van der Waals surface area contributed by atoms with Crippen molar-refractivity contribution in [1.29, 1.82) is 5.26 Å². The molecule has 0 saturated heterocycles. The second-order valence-corrected chi connectivity index (χ2v) is 7.24. The number of nitrogens with zero attached hydrogens (tertiary/aromatic N) is 5. The summed E-state index contributed by atoms with van der Waals surface area (Å²) in [6.07, 6.45) is -1.82. The Bertz CT molecular complexity index is 1120. The molecule has 1 unspecified atom stereocenters. The second-order valence-electron chi connectivity index (χ2n) is 6.32. The van der Waals surface area contributed by atoms with E-state index in [2.05, 4.69) is 36.3 Å². The van der Waals surface area contributed by atoms with Crippen molar-refractivity contribution < 1.29 is 22.7 Å². The van der Waals surface area contributed by atoms with Gasteiger partial charge in [-0.05, 0) is 37.3 Å². The van der Waals surface area contributed by atoms with Gasteiger partial charge in [-0.3, -0.25) is 4.79 Å². The van der Waals surface area contributed by atoms with E-state index in [0.29, 0.717) is 21.7 Å². The number of hydrogen-bond acceptors (Lipinski definition) is 6. The molecule has 0 spiro atoms. The molecule has 0 saturated carbocycles. The van der Waals surface area contributed by atoms with Gasteiger partial charge in [0.05, 0.1) is 11.6 Å². The number of carbonyl (C=O) groups is 1. The van der Waals surface area contributed by atoms with Gasteiger partial charge in [-0.1, -0.05) is 15.9 Å². The highest BCUT2D eigenvalue weighted by atomic mass is 79.9. The number of ether oxygens (including phenoxy) is 1. The van der Waals surface area contributed by atoms with Crippen LogP contribution in [0.25, 0.3) is 5.82 Å². The minimum atomic E-state index is -4.50. The number of pyridine rings is 1. The van der Waals surface area contributed by atoms with E-state index in [1.807, 2.05) is 6.07 Å². The number of nitrogens with one attached hydrogen (secondary N) is 1. The summed E-state index contributed by atoms with van der Waals surface area (Å²) in [5, 5.41) is 15.7. The van der Waals surface area contributed by atoms with E-state index in [4.69, 9.17) is 10.00 Å². The van der Waals surface area contributed by atoms with Crippen molar-refractivity contribution in [1.82, 2.24) is 25.1 Å². The summed E-state index contributed by atoms with van der Waals surface area (Å²) in [7, 11) is 0. The third-order valence-electron chi connectivity index (χ3n) is 3.94. The summed E-state index contributed by atoms with van der Waals surface area (Å²) in [4.78, 5) is 21.0. The van der Waals surface area contributed by atoms with E-state index in [0.717, 1.165) is 0 Å². The number of aromatic nitrogens is 4. The molecule has 0 aliphatic rings. The second kappa shape index (κ2) is 9.13. The van der Waals surface area contributed by atoms with Crippen LogP contribution in [-0.2, 0) is 0 Å². The Labute approximate surface area is 182 Å². The van der Waals surface area contributed by atoms with Crippen LogP contribution in [0.3, 0.4) is 0 Å². The number of nitriles is 1. The molecule has 2 heterocycles. The lowest BCUT2D eigenvalue weighted by atomic mass is 10.2. The number of carbonyl (C=O) groups excluding carboxylic acids is 1. The van der Waals surface area contributed by atoms with E-state index < -0.39 is 24.7 Å². The van der Waals surface area contributed by atoms with Crippen LogP contribution in [-0.4, -0.2) is 38.4 Å². The van der Waals surface area contributed by atoms with Crippen LogP contribution in [0.15, 0.2) is 47.3 Å². The SMILES string of the molecule is CC(NC(=O)c1cc(Br)cc(OCC(F)(F)F)c1)c1ncnn1-c1ccc(C#N)cn1. The Hall–Kier alpha value is -3.46. The fourth-order valence-electron chi connectivity index (χ4n) is 2.59. The Morgan fingerprint density at radius 2 is 2.10 bits per heavy atom. The summed E-state index contributed by atoms with van der Waals surface area (Å²) in [6, 6.07) is 8.50. The first-order valence-corrected chi connectivity index (χ1v) is 9.53. The lowest BCUT2D eigenvalue weighted by molar-refractivity contribution is -0.153. The van der Waals surface area contributed by atoms with Crippen LogP contribution in [0.5, 0.6) is 5.75 Å². The highest BCUT2D eigenvalue weighted by Crippen LogP contribution is 2.25. The highest BCUT2D eigenvalue weighted by molar-refractivity contribution is 9.10. The van der Waals surface area contributed by atoms with Crippen molar-refractivity contribution in [3.05, 3.63) is 64.3 Å². The zero-order chi connectivity index (χ0) is 22.6. The van der Waals surface area contributed by atoms with Crippen LogP contribution < -0.4 is 10.1 Å². The smallest absolute Gasteiger partial charge is 0.422 e. The first kappa shape index (κ1) is 22.2. The van der Waals surface area contributed by atoms with Crippen LogP contribution in [0, 0.1) is 11.3 Å². The van der Waals surface area contributed by atoms with Crippen molar-refractivity contribution >= 4 is 21.8 Å². The van der Waals surface area contributed by atoms with Gasteiger partial charge in [0.25, 0.3) is 5.91 Å². The summed E-state index contributed by atoms with van der Waals surface area (Å²) in [6.45, 7) is 0.197. The van der Waals surface area contributed by atoms with Crippen LogP contribution in [0.1, 0.15) is 34.7 Å². The molecule has 1 N–H and O–H groups in total. The van der Waals surface area contributed by atoms with Gasteiger partial charge in [0.2, 0.25) is 0 Å². The van der Waals surface area contributed by atoms with Crippen LogP contribution >= 0.6 is 15.9 Å². The number of halogens is 4. The third-order valence-corrected chi connectivity index (χ3v) is 4.40. The zero-order valence-electron chi connectivity index (χ0n) is 15.9. The average molecular weight is 495 g/mol. The Balaban J connectivity index is 1.76. The standard InChI is InChI=1S/C19H14BrF3N6O2/c1-11(17-26-10-27-29(17)16-3-2-12(7-24)8-25-16)28-18(30)13-4-14(20)6-15(5-13)31-9-19(21,22)23/h2-6,8,10-11H,9H2,1H3,(H,28,30). The molecule has 0 aliphatic heterocycles. The first-order chi connectivity index (χ1) is 14.7. The van der Waals surface area contributed by atoms with E-state index in [1.165, 1.54) is 35.4 Å². The fourth-order valence-corrected chi connectivity index (χ4v) is 3.06. The number of alkyl halides is 3. The molecule has 1 atom stereocenters. The van der Waals surface area contributed by atoms with Gasteiger partial charge in [0.15, 0.2) is 18.2 Å². The molecular weight excluding hydrogens is 481 g/mol. The van der Waals surface area contributed by atoms with Crippen molar-refractivity contribution in [2.45, 2.75) is 19.1 Å². The van der Waals surface area contributed by atoms with E-state index in [1.54, 1.807) is 19.1 Å². The van der Waals surface area contributed by atoms with Crippen LogP contribution in [0.2, 0.25) is 0 Å². The maximum absolute atomic E-state index is 12.7. The largest absolute Gasteiger partial charge is 0.484 e. The molecule has 0 aliphatic carbocycles.